The van der Waals surface area contributed by atoms with E-state index in [1.165, 1.54) is 0 Å². The third-order valence-electron chi connectivity index (χ3n) is 3.32. The molecular formula is C16H23N3O. The van der Waals surface area contributed by atoms with Crippen LogP contribution < -0.4 is 5.73 Å². The van der Waals surface area contributed by atoms with Crippen molar-refractivity contribution in [2.45, 2.75) is 40.0 Å². The van der Waals surface area contributed by atoms with Gasteiger partial charge in [-0.1, -0.05) is 50.2 Å². The molecule has 0 saturated heterocycles. The lowest BCUT2D eigenvalue weighted by Crippen LogP contribution is -2.19. The Balaban J connectivity index is 2.26. The summed E-state index contributed by atoms with van der Waals surface area (Å²) in [4.78, 5) is 4.54. The molecular weight excluding hydrogens is 250 g/mol. The van der Waals surface area contributed by atoms with E-state index in [1.54, 1.807) is 0 Å². The van der Waals surface area contributed by atoms with Crippen molar-refractivity contribution in [3.63, 3.8) is 0 Å². The Morgan fingerprint density at radius 1 is 1.25 bits per heavy atom. The van der Waals surface area contributed by atoms with E-state index >= 15 is 0 Å². The van der Waals surface area contributed by atoms with Gasteiger partial charge < -0.3 is 10.3 Å². The fourth-order valence-electron chi connectivity index (χ4n) is 2.34. The number of hydrogen-bond acceptors (Lipinski definition) is 4. The van der Waals surface area contributed by atoms with Gasteiger partial charge in [0.25, 0.3) is 0 Å². The maximum absolute atomic E-state index is 5.86. The summed E-state index contributed by atoms with van der Waals surface area (Å²) in [5, 5.41) is 4.10. The average molecular weight is 273 g/mol. The number of nitrogens with zero attached hydrogens (tertiary/aromatic N) is 2. The SMILES string of the molecule is Cc1ccccc1-c1noc(C(CN)CC(C)(C)C)n1. The molecule has 1 atom stereocenters. The van der Waals surface area contributed by atoms with E-state index < -0.39 is 0 Å². The summed E-state index contributed by atoms with van der Waals surface area (Å²) in [6.07, 6.45) is 0.929. The van der Waals surface area contributed by atoms with Crippen molar-refractivity contribution in [3.8, 4) is 11.4 Å². The highest BCUT2D eigenvalue weighted by molar-refractivity contribution is 5.58. The highest BCUT2D eigenvalue weighted by atomic mass is 16.5. The van der Waals surface area contributed by atoms with Crippen LogP contribution in [0.25, 0.3) is 11.4 Å². The molecule has 1 aromatic heterocycles. The number of benzene rings is 1. The Morgan fingerprint density at radius 3 is 2.55 bits per heavy atom. The summed E-state index contributed by atoms with van der Waals surface area (Å²) >= 11 is 0. The molecule has 2 N–H and O–H groups in total. The second kappa shape index (κ2) is 5.75. The van der Waals surface area contributed by atoms with Crippen molar-refractivity contribution < 1.29 is 4.52 Å². The molecule has 108 valence electrons. The molecule has 0 amide bonds. The molecule has 1 unspecified atom stereocenters. The Morgan fingerprint density at radius 2 is 1.95 bits per heavy atom. The highest BCUT2D eigenvalue weighted by Crippen LogP contribution is 2.31. The lowest BCUT2D eigenvalue weighted by atomic mass is 9.84. The third-order valence-corrected chi connectivity index (χ3v) is 3.32. The molecule has 0 aliphatic rings. The van der Waals surface area contributed by atoms with Crippen LogP contribution in [0.4, 0.5) is 0 Å². The van der Waals surface area contributed by atoms with Crippen LogP contribution in [-0.4, -0.2) is 16.7 Å². The molecule has 0 aliphatic carbocycles. The van der Waals surface area contributed by atoms with Gasteiger partial charge >= 0.3 is 0 Å². The van der Waals surface area contributed by atoms with Crippen molar-refractivity contribution >= 4 is 0 Å². The minimum atomic E-state index is 0.111. The van der Waals surface area contributed by atoms with E-state index in [9.17, 15) is 0 Å². The van der Waals surface area contributed by atoms with E-state index in [1.807, 2.05) is 31.2 Å². The van der Waals surface area contributed by atoms with E-state index in [0.717, 1.165) is 17.5 Å². The fraction of sp³-hybridized carbons (Fsp3) is 0.500. The van der Waals surface area contributed by atoms with Gasteiger partial charge in [-0.05, 0) is 24.3 Å². The van der Waals surface area contributed by atoms with Crippen molar-refractivity contribution in [1.29, 1.82) is 0 Å². The number of nitrogens with two attached hydrogens (primary N) is 1. The highest BCUT2D eigenvalue weighted by Gasteiger charge is 2.24. The first kappa shape index (κ1) is 14.7. The molecule has 2 aromatic rings. The van der Waals surface area contributed by atoms with Crippen LogP contribution in [0.1, 0.15) is 44.6 Å². The topological polar surface area (TPSA) is 64.9 Å². The van der Waals surface area contributed by atoms with Crippen molar-refractivity contribution in [3.05, 3.63) is 35.7 Å². The lowest BCUT2D eigenvalue weighted by Gasteiger charge is -2.22. The molecule has 0 fully saturated rings. The molecule has 2 rings (SSSR count). The van der Waals surface area contributed by atoms with E-state index in [0.29, 0.717) is 18.3 Å². The molecule has 0 saturated carbocycles. The quantitative estimate of drug-likeness (QED) is 0.925. The Bertz CT molecular complexity index is 569. The first-order valence-corrected chi connectivity index (χ1v) is 7.00. The first-order chi connectivity index (χ1) is 9.40. The summed E-state index contributed by atoms with van der Waals surface area (Å²) in [6.45, 7) is 9.13. The van der Waals surface area contributed by atoms with Crippen LogP contribution in [0.3, 0.4) is 0 Å². The maximum Gasteiger partial charge on any atom is 0.231 e. The average Bonchev–Trinajstić information content (AvgIpc) is 2.84. The second-order valence-corrected chi connectivity index (χ2v) is 6.47. The number of aromatic nitrogens is 2. The standard InChI is InChI=1S/C16H23N3O/c1-11-7-5-6-8-13(11)14-18-15(20-19-14)12(10-17)9-16(2,3)4/h5-8,12H,9-10,17H2,1-4H3. The van der Waals surface area contributed by atoms with Gasteiger partial charge in [0.2, 0.25) is 11.7 Å². The van der Waals surface area contributed by atoms with Gasteiger partial charge in [-0.3, -0.25) is 0 Å². The van der Waals surface area contributed by atoms with Gasteiger partial charge in [-0.25, -0.2) is 0 Å². The van der Waals surface area contributed by atoms with E-state index in [2.05, 4.69) is 30.9 Å². The van der Waals surface area contributed by atoms with Crippen LogP contribution in [0.15, 0.2) is 28.8 Å². The second-order valence-electron chi connectivity index (χ2n) is 6.47. The van der Waals surface area contributed by atoms with Gasteiger partial charge in [-0.15, -0.1) is 0 Å². The fourth-order valence-corrected chi connectivity index (χ4v) is 2.34. The Hall–Kier alpha value is -1.68. The first-order valence-electron chi connectivity index (χ1n) is 7.00. The number of aryl methyl sites for hydroxylation is 1. The normalized spacial score (nSPS) is 13.4. The predicted molar refractivity (Wildman–Crippen MR) is 80.3 cm³/mol. The van der Waals surface area contributed by atoms with Gasteiger partial charge in [0.1, 0.15) is 0 Å². The summed E-state index contributed by atoms with van der Waals surface area (Å²) in [5.74, 6) is 1.39. The summed E-state index contributed by atoms with van der Waals surface area (Å²) in [7, 11) is 0. The molecule has 4 nitrogen and oxygen atoms in total. The van der Waals surface area contributed by atoms with Crippen molar-refractivity contribution in [2.24, 2.45) is 11.1 Å². The molecule has 0 aliphatic heterocycles. The third kappa shape index (κ3) is 3.45. The van der Waals surface area contributed by atoms with Gasteiger partial charge in [0.05, 0.1) is 5.92 Å². The van der Waals surface area contributed by atoms with Crippen molar-refractivity contribution in [2.75, 3.05) is 6.54 Å². The van der Waals surface area contributed by atoms with Crippen LogP contribution in [-0.2, 0) is 0 Å². The minimum Gasteiger partial charge on any atom is -0.339 e. The van der Waals surface area contributed by atoms with Crippen molar-refractivity contribution in [1.82, 2.24) is 10.1 Å². The largest absolute Gasteiger partial charge is 0.339 e. The van der Waals surface area contributed by atoms with E-state index in [4.69, 9.17) is 10.3 Å². The predicted octanol–water partition coefficient (Wildman–Crippen LogP) is 3.52. The summed E-state index contributed by atoms with van der Waals surface area (Å²) < 4.78 is 5.43. The maximum atomic E-state index is 5.86. The monoisotopic (exact) mass is 273 g/mol. The molecule has 0 bridgehead atoms. The molecule has 1 heterocycles. The van der Waals surface area contributed by atoms with E-state index in [-0.39, 0.29) is 11.3 Å². The van der Waals surface area contributed by atoms with Gasteiger partial charge in [-0.2, -0.15) is 4.98 Å². The zero-order valence-electron chi connectivity index (χ0n) is 12.7. The molecule has 0 radical (unpaired) electrons. The van der Waals surface area contributed by atoms with Crippen LogP contribution in [0.5, 0.6) is 0 Å². The van der Waals surface area contributed by atoms with Gasteiger partial charge in [0, 0.05) is 12.1 Å². The number of hydrogen-bond donors (Lipinski definition) is 1. The van der Waals surface area contributed by atoms with Gasteiger partial charge in [0.15, 0.2) is 0 Å². The Labute approximate surface area is 120 Å². The zero-order chi connectivity index (χ0) is 14.8. The smallest absolute Gasteiger partial charge is 0.231 e. The van der Waals surface area contributed by atoms with Crippen LogP contribution in [0, 0.1) is 12.3 Å². The zero-order valence-corrected chi connectivity index (χ0v) is 12.7. The molecule has 20 heavy (non-hydrogen) atoms. The summed E-state index contributed by atoms with van der Waals surface area (Å²) in [5.41, 5.74) is 8.19. The number of rotatable bonds is 4. The minimum absolute atomic E-state index is 0.111. The molecule has 0 spiro atoms. The lowest BCUT2D eigenvalue weighted by molar-refractivity contribution is 0.287. The summed E-state index contributed by atoms with van der Waals surface area (Å²) in [6, 6.07) is 8.03. The molecule has 1 aromatic carbocycles. The molecule has 4 heteroatoms. The van der Waals surface area contributed by atoms with Crippen LogP contribution >= 0.6 is 0 Å². The Kier molecular flexibility index (Phi) is 4.23. The van der Waals surface area contributed by atoms with Crippen LogP contribution in [0.2, 0.25) is 0 Å².